The molecule has 1 aromatic rings. The second kappa shape index (κ2) is 5.05. The molecule has 1 aliphatic heterocycles. The van der Waals surface area contributed by atoms with Crippen LogP contribution in [0.4, 0.5) is 0 Å². The Morgan fingerprint density at radius 2 is 2.29 bits per heavy atom. The number of benzene rings is 1. The summed E-state index contributed by atoms with van der Waals surface area (Å²) in [6.45, 7) is 4.31. The zero-order chi connectivity index (χ0) is 12.3. The fourth-order valence-electron chi connectivity index (χ4n) is 1.64. The van der Waals surface area contributed by atoms with Crippen LogP contribution in [0.5, 0.6) is 17.2 Å². The molecule has 0 aromatic heterocycles. The normalized spacial score (nSPS) is 14.5. The quantitative estimate of drug-likeness (QED) is 0.580. The number of carbonyl (C=O) groups is 1. The molecule has 0 amide bonds. The van der Waals surface area contributed by atoms with Crippen molar-refractivity contribution in [2.45, 2.75) is 20.1 Å². The van der Waals surface area contributed by atoms with Gasteiger partial charge in [0.15, 0.2) is 24.1 Å². The van der Waals surface area contributed by atoms with Crippen LogP contribution in [-0.2, 0) is 4.74 Å². The Kier molecular flexibility index (Phi) is 3.49. The molecule has 0 aliphatic carbocycles. The largest absolute Gasteiger partial charge is 0.464 e. The molecule has 1 aliphatic rings. The molecule has 5 heteroatoms. The monoisotopic (exact) mass is 238 g/mol. The molecule has 5 nitrogen and oxygen atoms in total. The molecule has 0 N–H and O–H groups in total. The van der Waals surface area contributed by atoms with Gasteiger partial charge in [-0.05, 0) is 26.0 Å². The third kappa shape index (κ3) is 2.34. The summed E-state index contributed by atoms with van der Waals surface area (Å²) in [5, 5.41) is 0. The molecule has 17 heavy (non-hydrogen) atoms. The van der Waals surface area contributed by atoms with E-state index in [0.29, 0.717) is 35.7 Å². The maximum absolute atomic E-state index is 11.1. The van der Waals surface area contributed by atoms with Gasteiger partial charge in [0.25, 0.3) is 0 Å². The first kappa shape index (κ1) is 11.7. The lowest BCUT2D eigenvalue weighted by Gasteiger charge is -2.16. The topological polar surface area (TPSA) is 54.0 Å². The number of fused-ring (bicyclic) bond motifs is 1. The smallest absolute Gasteiger partial charge is 0.231 e. The zero-order valence-corrected chi connectivity index (χ0v) is 9.76. The molecule has 1 atom stereocenters. The first-order valence-corrected chi connectivity index (χ1v) is 5.42. The van der Waals surface area contributed by atoms with Crippen molar-refractivity contribution in [3.05, 3.63) is 17.7 Å². The Morgan fingerprint density at radius 1 is 1.47 bits per heavy atom. The van der Waals surface area contributed by atoms with Crippen LogP contribution in [0.25, 0.3) is 0 Å². The van der Waals surface area contributed by atoms with Crippen LogP contribution < -0.4 is 14.2 Å². The predicted octanol–water partition coefficient (Wildman–Crippen LogP) is 1.99. The van der Waals surface area contributed by atoms with Crippen LogP contribution in [0.2, 0.25) is 0 Å². The molecule has 0 saturated carbocycles. The van der Waals surface area contributed by atoms with Gasteiger partial charge < -0.3 is 18.9 Å². The van der Waals surface area contributed by atoms with Crippen molar-refractivity contribution < 1.29 is 23.7 Å². The fraction of sp³-hybridized carbons (Fsp3) is 0.417. The number of hydrogen-bond donors (Lipinski definition) is 0. The summed E-state index contributed by atoms with van der Waals surface area (Å²) in [6, 6.07) is 3.39. The van der Waals surface area contributed by atoms with Crippen LogP contribution >= 0.6 is 0 Å². The second-order valence-corrected chi connectivity index (χ2v) is 3.47. The third-order valence-electron chi connectivity index (χ3n) is 2.35. The van der Waals surface area contributed by atoms with E-state index in [4.69, 9.17) is 18.9 Å². The maximum Gasteiger partial charge on any atom is 0.231 e. The van der Waals surface area contributed by atoms with Crippen LogP contribution in [-0.4, -0.2) is 26.0 Å². The number of hydrogen-bond acceptors (Lipinski definition) is 5. The number of carbonyl (C=O) groups excluding carboxylic acids is 1. The number of ether oxygens (including phenoxy) is 4. The van der Waals surface area contributed by atoms with E-state index in [0.717, 1.165) is 0 Å². The summed E-state index contributed by atoms with van der Waals surface area (Å²) in [5.41, 5.74) is 0.353. The highest BCUT2D eigenvalue weighted by molar-refractivity contribution is 5.85. The minimum Gasteiger partial charge on any atom is -0.464 e. The molecule has 0 bridgehead atoms. The highest BCUT2D eigenvalue weighted by Crippen LogP contribution is 2.39. The van der Waals surface area contributed by atoms with E-state index >= 15 is 0 Å². The molecule has 0 fully saturated rings. The van der Waals surface area contributed by atoms with E-state index in [1.807, 2.05) is 6.92 Å². The van der Waals surface area contributed by atoms with E-state index in [1.54, 1.807) is 19.1 Å². The lowest BCUT2D eigenvalue weighted by atomic mass is 10.2. The van der Waals surface area contributed by atoms with E-state index in [2.05, 4.69) is 0 Å². The first-order valence-electron chi connectivity index (χ1n) is 5.42. The molecular formula is C12H14O5. The van der Waals surface area contributed by atoms with Crippen molar-refractivity contribution in [3.8, 4) is 17.2 Å². The molecular weight excluding hydrogens is 224 g/mol. The van der Waals surface area contributed by atoms with Crippen molar-refractivity contribution in [3.63, 3.8) is 0 Å². The minimum absolute atomic E-state index is 0.126. The summed E-state index contributed by atoms with van der Waals surface area (Å²) < 4.78 is 21.2. The molecule has 1 aromatic carbocycles. The predicted molar refractivity (Wildman–Crippen MR) is 59.7 cm³/mol. The average Bonchev–Trinajstić information content (AvgIpc) is 2.77. The number of aldehydes is 1. The van der Waals surface area contributed by atoms with Gasteiger partial charge in [-0.25, -0.2) is 0 Å². The van der Waals surface area contributed by atoms with Crippen molar-refractivity contribution in [2.75, 3.05) is 13.4 Å². The Bertz CT molecular complexity index is 416. The molecule has 2 rings (SSSR count). The summed E-state index contributed by atoms with van der Waals surface area (Å²) in [4.78, 5) is 11.1. The van der Waals surface area contributed by atoms with Crippen molar-refractivity contribution in [1.82, 2.24) is 0 Å². The first-order chi connectivity index (χ1) is 8.26. The van der Waals surface area contributed by atoms with Gasteiger partial charge >= 0.3 is 0 Å². The molecule has 0 radical (unpaired) electrons. The maximum atomic E-state index is 11.1. The van der Waals surface area contributed by atoms with Crippen molar-refractivity contribution in [2.24, 2.45) is 0 Å². The van der Waals surface area contributed by atoms with Gasteiger partial charge in [0.05, 0.1) is 0 Å². The highest BCUT2D eigenvalue weighted by Gasteiger charge is 2.22. The SMILES string of the molecule is CCOC(C)Oc1ccc2c(c1C=O)OCO2. The molecule has 0 saturated heterocycles. The highest BCUT2D eigenvalue weighted by atomic mass is 16.7. The Balaban J connectivity index is 2.25. The van der Waals surface area contributed by atoms with Crippen molar-refractivity contribution in [1.29, 1.82) is 0 Å². The lowest BCUT2D eigenvalue weighted by molar-refractivity contribution is -0.0615. The molecule has 1 heterocycles. The minimum atomic E-state index is -0.418. The Morgan fingerprint density at radius 3 is 3.00 bits per heavy atom. The van der Waals surface area contributed by atoms with E-state index in [1.165, 1.54) is 0 Å². The van der Waals surface area contributed by atoms with Crippen LogP contribution in [0.1, 0.15) is 24.2 Å². The average molecular weight is 238 g/mol. The van der Waals surface area contributed by atoms with Gasteiger partial charge in [-0.3, -0.25) is 4.79 Å². The van der Waals surface area contributed by atoms with E-state index < -0.39 is 6.29 Å². The molecule has 1 unspecified atom stereocenters. The fourth-order valence-corrected chi connectivity index (χ4v) is 1.64. The summed E-state index contributed by atoms with van der Waals surface area (Å²) in [6.07, 6.45) is 0.278. The summed E-state index contributed by atoms with van der Waals surface area (Å²) >= 11 is 0. The van der Waals surface area contributed by atoms with Gasteiger partial charge in [-0.15, -0.1) is 0 Å². The zero-order valence-electron chi connectivity index (χ0n) is 9.76. The lowest BCUT2D eigenvalue weighted by Crippen LogP contribution is -2.16. The Labute approximate surface area is 99.2 Å². The van der Waals surface area contributed by atoms with Gasteiger partial charge in [0, 0.05) is 6.61 Å². The molecule has 0 spiro atoms. The number of rotatable bonds is 5. The molecule has 92 valence electrons. The van der Waals surface area contributed by atoms with Crippen LogP contribution in [0, 0.1) is 0 Å². The van der Waals surface area contributed by atoms with Crippen LogP contribution in [0.3, 0.4) is 0 Å². The van der Waals surface area contributed by atoms with Crippen LogP contribution in [0.15, 0.2) is 12.1 Å². The van der Waals surface area contributed by atoms with Gasteiger partial charge in [-0.1, -0.05) is 0 Å². The van der Waals surface area contributed by atoms with Gasteiger partial charge in [-0.2, -0.15) is 0 Å². The second-order valence-electron chi connectivity index (χ2n) is 3.47. The van der Waals surface area contributed by atoms with Crippen molar-refractivity contribution >= 4 is 6.29 Å². The summed E-state index contributed by atoms with van der Waals surface area (Å²) in [7, 11) is 0. The van der Waals surface area contributed by atoms with E-state index in [-0.39, 0.29) is 6.79 Å². The standard InChI is InChI=1S/C12H14O5/c1-3-14-8(2)17-10-4-5-11-12(9(10)6-13)16-7-15-11/h4-6,8H,3,7H2,1-2H3. The van der Waals surface area contributed by atoms with Gasteiger partial charge in [0.2, 0.25) is 6.79 Å². The Hall–Kier alpha value is -1.75. The summed E-state index contributed by atoms with van der Waals surface area (Å²) in [5.74, 6) is 1.43. The van der Waals surface area contributed by atoms with E-state index in [9.17, 15) is 4.79 Å². The third-order valence-corrected chi connectivity index (χ3v) is 2.35. The van der Waals surface area contributed by atoms with Gasteiger partial charge in [0.1, 0.15) is 11.3 Å².